The van der Waals surface area contributed by atoms with Gasteiger partial charge in [-0.1, -0.05) is 0 Å². The number of ether oxygens (including phenoxy) is 1. The van der Waals surface area contributed by atoms with Crippen molar-refractivity contribution in [1.82, 2.24) is 0 Å². The zero-order valence-corrected chi connectivity index (χ0v) is 15.3. The number of sulfonamides is 1. The van der Waals surface area contributed by atoms with E-state index in [1.165, 1.54) is 25.1 Å². The first-order chi connectivity index (χ1) is 12.2. The molecule has 1 amide bonds. The zero-order chi connectivity index (χ0) is 19.1. The molecule has 26 heavy (non-hydrogen) atoms. The lowest BCUT2D eigenvalue weighted by Gasteiger charge is -2.24. The van der Waals surface area contributed by atoms with E-state index in [4.69, 9.17) is 4.74 Å². The number of nitrogens with one attached hydrogen (secondary N) is 2. The Kier molecular flexibility index (Phi) is 4.45. The molecule has 2 aromatic rings. The van der Waals surface area contributed by atoms with Crippen LogP contribution >= 0.6 is 0 Å². The predicted molar refractivity (Wildman–Crippen MR) is 97.2 cm³/mol. The number of benzene rings is 2. The van der Waals surface area contributed by atoms with Gasteiger partial charge < -0.3 is 10.1 Å². The molecule has 8 heteroatoms. The second-order valence-electron chi connectivity index (χ2n) is 6.10. The van der Waals surface area contributed by atoms with Crippen LogP contribution in [0.3, 0.4) is 0 Å². The highest BCUT2D eigenvalue weighted by atomic mass is 32.2. The van der Waals surface area contributed by atoms with Crippen molar-refractivity contribution in [1.29, 1.82) is 0 Å². The first kappa shape index (κ1) is 17.9. The minimum Gasteiger partial charge on any atom is -0.479 e. The molecular weight excluding hydrogens is 356 g/mol. The quantitative estimate of drug-likeness (QED) is 0.801. The van der Waals surface area contributed by atoms with Gasteiger partial charge in [0, 0.05) is 17.3 Å². The van der Waals surface area contributed by atoms with E-state index in [1.807, 2.05) is 0 Å². The van der Waals surface area contributed by atoms with Crippen molar-refractivity contribution in [2.24, 2.45) is 0 Å². The summed E-state index contributed by atoms with van der Waals surface area (Å²) >= 11 is 0. The Morgan fingerprint density at radius 1 is 1.19 bits per heavy atom. The highest BCUT2D eigenvalue weighted by Crippen LogP contribution is 2.34. The molecule has 2 aromatic carbocycles. The van der Waals surface area contributed by atoms with Crippen molar-refractivity contribution in [3.8, 4) is 5.75 Å². The Labute approximate surface area is 151 Å². The molecule has 3 rings (SSSR count). The second kappa shape index (κ2) is 6.45. The average Bonchev–Trinajstić information content (AvgIpc) is 2.56. The number of Topliss-reactive ketones (excluding diaryl/α,β-unsaturated/α-hetero) is 1. The van der Waals surface area contributed by atoms with Crippen LogP contribution in [0.25, 0.3) is 0 Å². The number of ketones is 1. The molecule has 0 saturated heterocycles. The number of hydrogen-bond donors (Lipinski definition) is 2. The predicted octanol–water partition coefficient (Wildman–Crippen LogP) is 2.72. The third-order valence-corrected chi connectivity index (χ3v) is 5.56. The summed E-state index contributed by atoms with van der Waals surface area (Å²) in [7, 11) is -3.87. The number of aryl methyl sites for hydroxylation is 1. The summed E-state index contributed by atoms with van der Waals surface area (Å²) in [5, 5.41) is 2.68. The minimum atomic E-state index is -3.87. The Morgan fingerprint density at radius 2 is 1.85 bits per heavy atom. The fourth-order valence-electron chi connectivity index (χ4n) is 2.62. The van der Waals surface area contributed by atoms with Gasteiger partial charge in [-0.25, -0.2) is 8.42 Å². The topological polar surface area (TPSA) is 102 Å². The molecule has 1 unspecified atom stereocenters. The van der Waals surface area contributed by atoms with E-state index in [9.17, 15) is 18.0 Å². The van der Waals surface area contributed by atoms with Crippen molar-refractivity contribution in [2.75, 3.05) is 10.0 Å². The van der Waals surface area contributed by atoms with Gasteiger partial charge in [-0.05, 0) is 56.7 Å². The largest absolute Gasteiger partial charge is 0.479 e. The molecule has 0 fully saturated rings. The minimum absolute atomic E-state index is 0.0512. The first-order valence-corrected chi connectivity index (χ1v) is 9.41. The average molecular weight is 374 g/mol. The van der Waals surface area contributed by atoms with Crippen LogP contribution in [0.15, 0.2) is 41.3 Å². The number of carbonyl (C=O) groups excluding carboxylic acids is 2. The van der Waals surface area contributed by atoms with E-state index in [0.717, 1.165) is 0 Å². The summed E-state index contributed by atoms with van der Waals surface area (Å²) < 4.78 is 33.5. The first-order valence-electron chi connectivity index (χ1n) is 7.93. The van der Waals surface area contributed by atoms with Crippen molar-refractivity contribution in [2.45, 2.75) is 31.8 Å². The van der Waals surface area contributed by atoms with Crippen molar-refractivity contribution in [3.05, 3.63) is 47.5 Å². The number of rotatable bonds is 4. The summed E-state index contributed by atoms with van der Waals surface area (Å²) in [6.07, 6.45) is -0.701. The van der Waals surface area contributed by atoms with Crippen LogP contribution < -0.4 is 14.8 Å². The van der Waals surface area contributed by atoms with Gasteiger partial charge in [0.1, 0.15) is 5.75 Å². The third-order valence-electron chi connectivity index (χ3n) is 4.04. The van der Waals surface area contributed by atoms with Crippen LogP contribution in [-0.4, -0.2) is 26.2 Å². The van der Waals surface area contributed by atoms with Crippen molar-refractivity contribution >= 4 is 33.1 Å². The van der Waals surface area contributed by atoms with Crippen LogP contribution in [0.2, 0.25) is 0 Å². The highest BCUT2D eigenvalue weighted by molar-refractivity contribution is 7.92. The second-order valence-corrected chi connectivity index (χ2v) is 7.75. The van der Waals surface area contributed by atoms with Gasteiger partial charge in [-0.2, -0.15) is 0 Å². The fourth-order valence-corrected chi connectivity index (χ4v) is 3.92. The Bertz CT molecular complexity index is 997. The fraction of sp³-hybridized carbons (Fsp3) is 0.222. The number of hydrogen-bond acceptors (Lipinski definition) is 5. The van der Waals surface area contributed by atoms with Gasteiger partial charge in [0.2, 0.25) is 0 Å². The van der Waals surface area contributed by atoms with E-state index in [1.54, 1.807) is 32.0 Å². The molecule has 0 aromatic heterocycles. The van der Waals surface area contributed by atoms with E-state index >= 15 is 0 Å². The summed E-state index contributed by atoms with van der Waals surface area (Å²) in [5.41, 5.74) is 1.75. The van der Waals surface area contributed by atoms with Crippen LogP contribution in [0.1, 0.15) is 29.8 Å². The molecule has 0 bridgehead atoms. The molecule has 0 radical (unpaired) electrons. The molecule has 2 N–H and O–H groups in total. The Hall–Kier alpha value is -2.87. The van der Waals surface area contributed by atoms with E-state index in [0.29, 0.717) is 28.3 Å². The van der Waals surface area contributed by atoms with E-state index < -0.39 is 16.1 Å². The normalized spacial score (nSPS) is 16.3. The highest BCUT2D eigenvalue weighted by Gasteiger charge is 2.27. The SMILES string of the molecule is CC(=O)c1ccc(NS(=O)(=O)c2cc3c(cc2C)NC(=O)C(C)O3)cc1. The molecule has 0 spiro atoms. The van der Waals surface area contributed by atoms with Crippen LogP contribution in [0.4, 0.5) is 11.4 Å². The molecule has 136 valence electrons. The van der Waals surface area contributed by atoms with Gasteiger partial charge in [-0.15, -0.1) is 0 Å². The molecular formula is C18H18N2O5S. The summed E-state index contributed by atoms with van der Waals surface area (Å²) in [6, 6.07) is 9.13. The van der Waals surface area contributed by atoms with E-state index in [2.05, 4.69) is 10.0 Å². The molecule has 1 heterocycles. The Morgan fingerprint density at radius 3 is 2.46 bits per heavy atom. The number of amides is 1. The maximum Gasteiger partial charge on any atom is 0.265 e. The monoisotopic (exact) mass is 374 g/mol. The van der Waals surface area contributed by atoms with Gasteiger partial charge in [0.15, 0.2) is 11.9 Å². The van der Waals surface area contributed by atoms with Crippen molar-refractivity contribution in [3.63, 3.8) is 0 Å². The van der Waals surface area contributed by atoms with Crippen LogP contribution in [0, 0.1) is 6.92 Å². The summed E-state index contributed by atoms with van der Waals surface area (Å²) in [6.45, 7) is 4.66. The molecule has 1 aliphatic rings. The number of fused-ring (bicyclic) bond motifs is 1. The lowest BCUT2D eigenvalue weighted by molar-refractivity contribution is -0.122. The van der Waals surface area contributed by atoms with E-state index in [-0.39, 0.29) is 16.6 Å². The molecule has 0 aliphatic carbocycles. The third kappa shape index (κ3) is 3.41. The van der Waals surface area contributed by atoms with Crippen LogP contribution in [0.5, 0.6) is 5.75 Å². The van der Waals surface area contributed by atoms with Crippen LogP contribution in [-0.2, 0) is 14.8 Å². The maximum atomic E-state index is 12.8. The van der Waals surface area contributed by atoms with Gasteiger partial charge in [0.05, 0.1) is 10.6 Å². The van der Waals surface area contributed by atoms with Gasteiger partial charge >= 0.3 is 0 Å². The molecule has 1 atom stereocenters. The lowest BCUT2D eigenvalue weighted by Crippen LogP contribution is -2.34. The molecule has 7 nitrogen and oxygen atoms in total. The molecule has 0 saturated carbocycles. The van der Waals surface area contributed by atoms with Crippen molar-refractivity contribution < 1.29 is 22.7 Å². The molecule has 1 aliphatic heterocycles. The smallest absolute Gasteiger partial charge is 0.265 e. The zero-order valence-electron chi connectivity index (χ0n) is 14.5. The Balaban J connectivity index is 1.93. The summed E-state index contributed by atoms with van der Waals surface area (Å²) in [4.78, 5) is 23.0. The maximum absolute atomic E-state index is 12.8. The summed E-state index contributed by atoms with van der Waals surface area (Å²) in [5.74, 6) is -0.0792. The van der Waals surface area contributed by atoms with Gasteiger partial charge in [0.25, 0.3) is 15.9 Å². The lowest BCUT2D eigenvalue weighted by atomic mass is 10.1. The number of carbonyl (C=O) groups is 2. The number of anilines is 2. The van der Waals surface area contributed by atoms with Gasteiger partial charge in [-0.3, -0.25) is 14.3 Å². The standard InChI is InChI=1S/C18H18N2O5S/c1-10-8-15-16(25-12(3)18(22)19-15)9-17(10)26(23,24)20-14-6-4-13(5-7-14)11(2)21/h4-9,12,20H,1-3H3,(H,19,22).